The van der Waals surface area contributed by atoms with Crippen LogP contribution in [0.1, 0.15) is 36.4 Å². The topological polar surface area (TPSA) is 89.4 Å². The Morgan fingerprint density at radius 3 is 2.81 bits per heavy atom. The molecule has 0 bridgehead atoms. The van der Waals surface area contributed by atoms with E-state index >= 15 is 0 Å². The first kappa shape index (κ1) is 18.9. The molecule has 0 amide bonds. The molecule has 26 heavy (non-hydrogen) atoms. The Bertz CT molecular complexity index is 994. The average Bonchev–Trinajstić information content (AvgIpc) is 3.04. The third kappa shape index (κ3) is 3.51. The van der Waals surface area contributed by atoms with E-state index in [1.54, 1.807) is 17.8 Å². The Hall–Kier alpha value is -1.83. The highest BCUT2D eigenvalue weighted by atomic mass is 32.2. The van der Waals surface area contributed by atoms with Gasteiger partial charge in [0.25, 0.3) is 0 Å². The van der Waals surface area contributed by atoms with Gasteiger partial charge in [0, 0.05) is 17.1 Å². The highest BCUT2D eigenvalue weighted by Crippen LogP contribution is 2.33. The number of phenols is 1. The Balaban J connectivity index is 2.30. The first-order valence-electron chi connectivity index (χ1n) is 8.45. The summed E-state index contributed by atoms with van der Waals surface area (Å²) in [7, 11) is 0. The third-order valence-electron chi connectivity index (χ3n) is 4.30. The Morgan fingerprint density at radius 1 is 1.42 bits per heavy atom. The number of benzene rings is 1. The Morgan fingerprint density at radius 2 is 2.19 bits per heavy atom. The molecule has 7 heteroatoms. The number of hydrogen-bond acceptors (Lipinski definition) is 7. The van der Waals surface area contributed by atoms with E-state index in [9.17, 15) is 9.90 Å². The number of nitrogens with two attached hydrogens (primary N) is 1. The summed E-state index contributed by atoms with van der Waals surface area (Å²) in [6, 6.07) is 2.81. The summed E-state index contributed by atoms with van der Waals surface area (Å²) in [5.74, 6) is 1.43. The minimum absolute atomic E-state index is 0.129. The molecular formula is C19H22N2O3S2. The third-order valence-corrected chi connectivity index (χ3v) is 5.92. The predicted molar refractivity (Wildman–Crippen MR) is 109 cm³/mol. The summed E-state index contributed by atoms with van der Waals surface area (Å²) in [5, 5.41) is 13.1. The second kappa shape index (κ2) is 7.82. The summed E-state index contributed by atoms with van der Waals surface area (Å²) < 4.78 is 6.05. The minimum Gasteiger partial charge on any atom is -0.508 e. The van der Waals surface area contributed by atoms with Crippen LogP contribution in [0, 0.1) is 6.92 Å². The van der Waals surface area contributed by atoms with Gasteiger partial charge in [-0.15, -0.1) is 11.3 Å². The number of rotatable bonds is 6. The number of fused-ring (bicyclic) bond motifs is 1. The van der Waals surface area contributed by atoms with Gasteiger partial charge in [0.1, 0.15) is 22.1 Å². The molecule has 0 spiro atoms. The molecule has 2 heterocycles. The largest absolute Gasteiger partial charge is 0.508 e. The van der Waals surface area contributed by atoms with E-state index in [4.69, 9.17) is 10.2 Å². The van der Waals surface area contributed by atoms with Crippen LogP contribution < -0.4 is 11.2 Å². The van der Waals surface area contributed by atoms with Crippen LogP contribution in [0.5, 0.6) is 5.75 Å². The summed E-state index contributed by atoms with van der Waals surface area (Å²) in [5.41, 5.74) is 8.57. The molecule has 1 unspecified atom stereocenters. The summed E-state index contributed by atoms with van der Waals surface area (Å²) in [6.07, 6.45) is 3.33. The van der Waals surface area contributed by atoms with E-state index in [1.165, 1.54) is 17.4 Å². The molecule has 3 N–H and O–H groups in total. The van der Waals surface area contributed by atoms with E-state index in [0.29, 0.717) is 45.7 Å². The normalized spacial score (nSPS) is 12.6. The van der Waals surface area contributed by atoms with Gasteiger partial charge in [-0.2, -0.15) is 11.8 Å². The molecule has 0 saturated carbocycles. The lowest BCUT2D eigenvalue weighted by Crippen LogP contribution is -2.18. The summed E-state index contributed by atoms with van der Waals surface area (Å²) in [4.78, 5) is 17.8. The van der Waals surface area contributed by atoms with Crippen molar-refractivity contribution in [2.75, 3.05) is 12.0 Å². The van der Waals surface area contributed by atoms with Crippen molar-refractivity contribution in [1.29, 1.82) is 0 Å². The van der Waals surface area contributed by atoms with Crippen molar-refractivity contribution in [2.24, 2.45) is 5.73 Å². The van der Waals surface area contributed by atoms with Crippen LogP contribution in [0.2, 0.25) is 0 Å². The summed E-state index contributed by atoms with van der Waals surface area (Å²) in [6.45, 7) is 3.82. The second-order valence-electron chi connectivity index (χ2n) is 6.18. The van der Waals surface area contributed by atoms with Crippen LogP contribution in [0.4, 0.5) is 0 Å². The Kier molecular flexibility index (Phi) is 5.70. The molecule has 3 aromatic rings. The number of thioether (sulfide) groups is 1. The Labute approximate surface area is 160 Å². The van der Waals surface area contributed by atoms with Gasteiger partial charge in [-0.3, -0.25) is 4.79 Å². The van der Waals surface area contributed by atoms with Gasteiger partial charge in [-0.05, 0) is 43.4 Å². The highest BCUT2D eigenvalue weighted by molar-refractivity contribution is 7.98. The van der Waals surface area contributed by atoms with Crippen molar-refractivity contribution in [2.45, 2.75) is 32.7 Å². The van der Waals surface area contributed by atoms with Crippen LogP contribution in [-0.2, 0) is 6.42 Å². The van der Waals surface area contributed by atoms with Crippen LogP contribution in [-0.4, -0.2) is 22.1 Å². The van der Waals surface area contributed by atoms with Crippen molar-refractivity contribution < 1.29 is 9.52 Å². The maximum absolute atomic E-state index is 13.3. The zero-order valence-electron chi connectivity index (χ0n) is 15.0. The van der Waals surface area contributed by atoms with Crippen molar-refractivity contribution in [3.8, 4) is 16.3 Å². The van der Waals surface area contributed by atoms with E-state index < -0.39 is 6.04 Å². The van der Waals surface area contributed by atoms with Gasteiger partial charge in [0.05, 0.1) is 17.0 Å². The van der Waals surface area contributed by atoms with Crippen molar-refractivity contribution in [3.63, 3.8) is 0 Å². The van der Waals surface area contributed by atoms with Gasteiger partial charge >= 0.3 is 0 Å². The fourth-order valence-electron chi connectivity index (χ4n) is 2.88. The molecule has 2 aromatic heterocycles. The standard InChI is InChI=1S/C19H22N2O3S2/c1-4-11-7-12-15(8-14(11)22)24-18(13(20)5-6-25-3)16(17(12)23)19-21-10(2)9-26-19/h7-9,13,22H,4-6,20H2,1-3H3. The van der Waals surface area contributed by atoms with Crippen molar-refractivity contribution in [1.82, 2.24) is 4.98 Å². The zero-order valence-corrected chi connectivity index (χ0v) is 16.7. The first-order chi connectivity index (χ1) is 12.5. The molecule has 5 nitrogen and oxygen atoms in total. The fourth-order valence-corrected chi connectivity index (χ4v) is 4.22. The van der Waals surface area contributed by atoms with E-state index in [2.05, 4.69) is 4.98 Å². The van der Waals surface area contributed by atoms with Gasteiger partial charge in [-0.25, -0.2) is 4.98 Å². The molecule has 0 saturated heterocycles. The smallest absolute Gasteiger partial charge is 0.203 e. The fraction of sp³-hybridized carbons (Fsp3) is 0.368. The maximum Gasteiger partial charge on any atom is 0.203 e. The number of phenolic OH excluding ortho intramolecular Hbond substituents is 1. The molecule has 138 valence electrons. The molecule has 0 aliphatic rings. The lowest BCUT2D eigenvalue weighted by molar-refractivity contribution is 0.460. The minimum atomic E-state index is -0.410. The number of hydrogen-bond donors (Lipinski definition) is 2. The van der Waals surface area contributed by atoms with E-state index in [0.717, 1.165) is 11.4 Å². The van der Waals surface area contributed by atoms with Crippen LogP contribution in [0.3, 0.4) is 0 Å². The average molecular weight is 391 g/mol. The van der Waals surface area contributed by atoms with Crippen molar-refractivity contribution in [3.05, 3.63) is 44.8 Å². The number of aromatic nitrogens is 1. The molecule has 1 atom stereocenters. The van der Waals surface area contributed by atoms with E-state index in [1.807, 2.05) is 25.5 Å². The summed E-state index contributed by atoms with van der Waals surface area (Å²) >= 11 is 3.11. The zero-order chi connectivity index (χ0) is 18.8. The van der Waals surface area contributed by atoms with E-state index in [-0.39, 0.29) is 11.2 Å². The lowest BCUT2D eigenvalue weighted by atomic mass is 10.0. The number of aryl methyl sites for hydroxylation is 2. The molecule has 0 radical (unpaired) electrons. The van der Waals surface area contributed by atoms with Gasteiger partial charge in [-0.1, -0.05) is 6.92 Å². The maximum atomic E-state index is 13.3. The van der Waals surface area contributed by atoms with Crippen molar-refractivity contribution >= 4 is 34.1 Å². The monoisotopic (exact) mass is 390 g/mol. The predicted octanol–water partition coefficient (Wildman–Crippen LogP) is 4.25. The quantitative estimate of drug-likeness (QED) is 0.654. The molecule has 0 aliphatic carbocycles. The lowest BCUT2D eigenvalue weighted by Gasteiger charge is -2.15. The molecule has 3 rings (SSSR count). The number of nitrogens with zero attached hydrogens (tertiary/aromatic N) is 1. The first-order valence-corrected chi connectivity index (χ1v) is 10.7. The SMILES string of the molecule is CCc1cc2c(=O)c(-c3nc(C)cs3)c(C(N)CCSC)oc2cc1O. The van der Waals surface area contributed by atoms with Crippen LogP contribution in [0.15, 0.2) is 26.7 Å². The molecule has 1 aromatic carbocycles. The second-order valence-corrected chi connectivity index (χ2v) is 8.03. The molecule has 0 aliphatic heterocycles. The molecule has 0 fully saturated rings. The number of thiazole rings is 1. The molecular weight excluding hydrogens is 368 g/mol. The van der Waals surface area contributed by atoms with Gasteiger partial charge in [0.2, 0.25) is 5.43 Å². The van der Waals surface area contributed by atoms with Gasteiger partial charge in [0.15, 0.2) is 0 Å². The van der Waals surface area contributed by atoms with Gasteiger partial charge < -0.3 is 15.3 Å². The number of aromatic hydroxyl groups is 1. The van der Waals surface area contributed by atoms with Crippen LogP contribution in [0.25, 0.3) is 21.5 Å². The van der Waals surface area contributed by atoms with Crippen LogP contribution >= 0.6 is 23.1 Å². The highest BCUT2D eigenvalue weighted by Gasteiger charge is 2.23.